The van der Waals surface area contributed by atoms with Crippen LogP contribution in [0, 0.1) is 4.77 Å². The van der Waals surface area contributed by atoms with E-state index < -0.39 is 6.04 Å². The van der Waals surface area contributed by atoms with E-state index in [9.17, 15) is 4.79 Å². The van der Waals surface area contributed by atoms with Gasteiger partial charge >= 0.3 is 5.97 Å². The van der Waals surface area contributed by atoms with Crippen LogP contribution in [0.1, 0.15) is 19.9 Å². The van der Waals surface area contributed by atoms with Gasteiger partial charge in [-0.3, -0.25) is 9.67 Å². The molecule has 2 heterocycles. The Bertz CT molecular complexity index is 586. The van der Waals surface area contributed by atoms with E-state index in [0.29, 0.717) is 17.2 Å². The van der Waals surface area contributed by atoms with Crippen LogP contribution in [0.2, 0.25) is 0 Å². The molecule has 0 radical (unpaired) electrons. The lowest BCUT2D eigenvalue weighted by Gasteiger charge is -2.13. The fraction of sp³-hybridized carbons (Fsp3) is 0.364. The van der Waals surface area contributed by atoms with Crippen molar-refractivity contribution >= 4 is 29.5 Å². The third-order valence-electron chi connectivity index (χ3n) is 2.46. The van der Waals surface area contributed by atoms with Gasteiger partial charge in [-0.2, -0.15) is 5.10 Å². The van der Waals surface area contributed by atoms with Gasteiger partial charge in [-0.1, -0.05) is 6.07 Å². The number of rotatable bonds is 4. The standard InChI is InChI=1S/C11H13N3O2S2/c1-3-16-10(15)7(2)14-9(12-13-11(14)17)8-5-4-6-18-8/h4-7H,3H2,1-2H3,(H,13,17). The van der Waals surface area contributed by atoms with Gasteiger partial charge in [-0.15, -0.1) is 11.3 Å². The highest BCUT2D eigenvalue weighted by Gasteiger charge is 2.22. The Labute approximate surface area is 113 Å². The number of aromatic amines is 1. The number of hydrogen-bond donors (Lipinski definition) is 1. The largest absolute Gasteiger partial charge is 0.464 e. The normalized spacial score (nSPS) is 12.3. The summed E-state index contributed by atoms with van der Waals surface area (Å²) in [6.45, 7) is 3.88. The van der Waals surface area contributed by atoms with Crippen LogP contribution >= 0.6 is 23.6 Å². The molecule has 1 N–H and O–H groups in total. The Balaban J connectivity index is 2.42. The molecule has 0 aliphatic rings. The highest BCUT2D eigenvalue weighted by atomic mass is 32.1. The second-order valence-corrected chi connectivity index (χ2v) is 4.96. The molecule has 2 rings (SSSR count). The molecule has 5 nitrogen and oxygen atoms in total. The monoisotopic (exact) mass is 283 g/mol. The zero-order chi connectivity index (χ0) is 13.1. The summed E-state index contributed by atoms with van der Waals surface area (Å²) in [5, 5.41) is 8.84. The lowest BCUT2D eigenvalue weighted by Crippen LogP contribution is -2.20. The molecular weight excluding hydrogens is 270 g/mol. The molecule has 0 aromatic carbocycles. The van der Waals surface area contributed by atoms with Crippen LogP contribution in [0.5, 0.6) is 0 Å². The van der Waals surface area contributed by atoms with Crippen LogP contribution in [0.25, 0.3) is 10.7 Å². The Kier molecular flexibility index (Phi) is 3.93. The molecule has 0 saturated heterocycles. The Morgan fingerprint density at radius 2 is 2.50 bits per heavy atom. The number of esters is 1. The minimum Gasteiger partial charge on any atom is -0.464 e. The summed E-state index contributed by atoms with van der Waals surface area (Å²) in [5.74, 6) is 0.350. The molecule has 0 amide bonds. The van der Waals surface area contributed by atoms with Crippen LogP contribution in [-0.2, 0) is 9.53 Å². The topological polar surface area (TPSA) is 59.9 Å². The van der Waals surface area contributed by atoms with Crippen molar-refractivity contribution in [1.82, 2.24) is 14.8 Å². The maximum Gasteiger partial charge on any atom is 0.328 e. The number of nitrogens with one attached hydrogen (secondary N) is 1. The van der Waals surface area contributed by atoms with E-state index in [0.717, 1.165) is 4.88 Å². The zero-order valence-electron chi connectivity index (χ0n) is 10.0. The van der Waals surface area contributed by atoms with E-state index >= 15 is 0 Å². The number of ether oxygens (including phenoxy) is 1. The van der Waals surface area contributed by atoms with Crippen molar-refractivity contribution in [1.29, 1.82) is 0 Å². The van der Waals surface area contributed by atoms with Crippen LogP contribution in [0.15, 0.2) is 17.5 Å². The maximum absolute atomic E-state index is 11.8. The van der Waals surface area contributed by atoms with Gasteiger partial charge in [0.2, 0.25) is 0 Å². The van der Waals surface area contributed by atoms with Crippen LogP contribution in [0.4, 0.5) is 0 Å². The summed E-state index contributed by atoms with van der Waals surface area (Å²) in [7, 11) is 0. The van der Waals surface area contributed by atoms with Crippen molar-refractivity contribution in [3.05, 3.63) is 22.3 Å². The molecule has 1 unspecified atom stereocenters. The second kappa shape index (κ2) is 5.45. The third kappa shape index (κ3) is 2.37. The zero-order valence-corrected chi connectivity index (χ0v) is 11.7. The molecule has 2 aromatic rings. The number of hydrogen-bond acceptors (Lipinski definition) is 5. The van der Waals surface area contributed by atoms with Crippen molar-refractivity contribution < 1.29 is 9.53 Å². The van der Waals surface area contributed by atoms with Crippen LogP contribution in [0.3, 0.4) is 0 Å². The molecule has 1 atom stereocenters. The molecule has 0 saturated carbocycles. The van der Waals surface area contributed by atoms with Crippen molar-refractivity contribution in [3.63, 3.8) is 0 Å². The first-order chi connectivity index (χ1) is 8.65. The predicted molar refractivity (Wildman–Crippen MR) is 72.1 cm³/mol. The van der Waals surface area contributed by atoms with Gasteiger partial charge in [0.25, 0.3) is 0 Å². The summed E-state index contributed by atoms with van der Waals surface area (Å²) in [6.07, 6.45) is 0. The summed E-state index contributed by atoms with van der Waals surface area (Å²) in [5.41, 5.74) is 0. The third-order valence-corrected chi connectivity index (χ3v) is 3.61. The fourth-order valence-electron chi connectivity index (χ4n) is 1.61. The molecule has 96 valence electrons. The van der Waals surface area contributed by atoms with Crippen molar-refractivity contribution in [2.45, 2.75) is 19.9 Å². The number of H-pyrrole nitrogens is 1. The summed E-state index contributed by atoms with van der Waals surface area (Å²) < 4.78 is 7.11. The SMILES string of the molecule is CCOC(=O)C(C)n1c(-c2cccs2)n[nH]c1=S. The number of carbonyl (C=O) groups excluding carboxylic acids is 1. The highest BCUT2D eigenvalue weighted by molar-refractivity contribution is 7.71. The lowest BCUT2D eigenvalue weighted by molar-refractivity contribution is -0.146. The number of thiophene rings is 1. The van der Waals surface area contributed by atoms with Gasteiger partial charge < -0.3 is 4.74 Å². The predicted octanol–water partition coefficient (Wildman–Crippen LogP) is 2.79. The van der Waals surface area contributed by atoms with Crippen molar-refractivity contribution in [3.8, 4) is 10.7 Å². The minimum atomic E-state index is -0.492. The van der Waals surface area contributed by atoms with E-state index in [4.69, 9.17) is 17.0 Å². The lowest BCUT2D eigenvalue weighted by atomic mass is 10.3. The van der Waals surface area contributed by atoms with E-state index in [2.05, 4.69) is 10.2 Å². The van der Waals surface area contributed by atoms with Gasteiger partial charge in [-0.05, 0) is 37.5 Å². The molecule has 0 fully saturated rings. The van der Waals surface area contributed by atoms with Gasteiger partial charge in [-0.25, -0.2) is 4.79 Å². The Hall–Kier alpha value is -1.47. The van der Waals surface area contributed by atoms with Crippen LogP contribution < -0.4 is 0 Å². The summed E-state index contributed by atoms with van der Waals surface area (Å²) in [6, 6.07) is 3.37. The molecule has 0 spiro atoms. The number of carbonyl (C=O) groups is 1. The molecule has 7 heteroatoms. The molecule has 0 aliphatic carbocycles. The fourth-order valence-corrected chi connectivity index (χ4v) is 2.61. The van der Waals surface area contributed by atoms with Crippen molar-refractivity contribution in [2.75, 3.05) is 6.61 Å². The smallest absolute Gasteiger partial charge is 0.328 e. The Morgan fingerprint density at radius 3 is 3.11 bits per heavy atom. The highest BCUT2D eigenvalue weighted by Crippen LogP contribution is 2.25. The first kappa shape index (κ1) is 13.0. The summed E-state index contributed by atoms with van der Waals surface area (Å²) >= 11 is 6.71. The van der Waals surface area contributed by atoms with E-state index in [1.165, 1.54) is 0 Å². The van der Waals surface area contributed by atoms with Gasteiger partial charge in [0.1, 0.15) is 6.04 Å². The first-order valence-electron chi connectivity index (χ1n) is 5.52. The molecular formula is C11H13N3O2S2. The van der Waals surface area contributed by atoms with E-state index in [1.807, 2.05) is 17.5 Å². The molecule has 0 bridgehead atoms. The summed E-state index contributed by atoms with van der Waals surface area (Å²) in [4.78, 5) is 12.7. The maximum atomic E-state index is 11.8. The average Bonchev–Trinajstić information content (AvgIpc) is 2.97. The number of nitrogens with zero attached hydrogens (tertiary/aromatic N) is 2. The van der Waals surface area contributed by atoms with E-state index in [1.54, 1.807) is 29.8 Å². The van der Waals surface area contributed by atoms with E-state index in [-0.39, 0.29) is 5.97 Å². The molecule has 18 heavy (non-hydrogen) atoms. The average molecular weight is 283 g/mol. The minimum absolute atomic E-state index is 0.312. The van der Waals surface area contributed by atoms with Gasteiger partial charge in [0.05, 0.1) is 11.5 Å². The van der Waals surface area contributed by atoms with Crippen molar-refractivity contribution in [2.24, 2.45) is 0 Å². The number of aromatic nitrogens is 3. The quantitative estimate of drug-likeness (QED) is 0.692. The molecule has 0 aliphatic heterocycles. The van der Waals surface area contributed by atoms with Crippen LogP contribution in [-0.4, -0.2) is 27.3 Å². The second-order valence-electron chi connectivity index (χ2n) is 3.63. The Morgan fingerprint density at radius 1 is 1.72 bits per heavy atom. The molecule has 2 aromatic heterocycles. The van der Waals surface area contributed by atoms with Gasteiger partial charge in [0, 0.05) is 0 Å². The van der Waals surface area contributed by atoms with Gasteiger partial charge in [0.15, 0.2) is 10.6 Å². The first-order valence-corrected chi connectivity index (χ1v) is 6.81.